The van der Waals surface area contributed by atoms with E-state index in [1.807, 2.05) is 6.92 Å². The van der Waals surface area contributed by atoms with Gasteiger partial charge in [-0.15, -0.1) is 0 Å². The summed E-state index contributed by atoms with van der Waals surface area (Å²) >= 11 is 0. The first kappa shape index (κ1) is 15.5. The van der Waals surface area contributed by atoms with E-state index in [0.717, 1.165) is 31.2 Å². The topological polar surface area (TPSA) is 66.4 Å². The lowest BCUT2D eigenvalue weighted by atomic mass is 9.85. The minimum absolute atomic E-state index is 0.0981. The van der Waals surface area contributed by atoms with Gasteiger partial charge in [-0.2, -0.15) is 0 Å². The fourth-order valence-electron chi connectivity index (χ4n) is 2.68. The van der Waals surface area contributed by atoms with E-state index in [0.29, 0.717) is 0 Å². The van der Waals surface area contributed by atoms with Crippen molar-refractivity contribution >= 4 is 10.0 Å². The highest BCUT2D eigenvalue weighted by Crippen LogP contribution is 2.26. The van der Waals surface area contributed by atoms with E-state index in [-0.39, 0.29) is 17.4 Å². The molecule has 1 aliphatic carbocycles. The molecule has 0 heterocycles. The predicted octanol–water partition coefficient (Wildman–Crippen LogP) is 2.21. The highest BCUT2D eigenvalue weighted by Gasteiger charge is 2.23. The van der Waals surface area contributed by atoms with Crippen LogP contribution in [0.4, 0.5) is 0 Å². The van der Waals surface area contributed by atoms with Crippen molar-refractivity contribution in [2.45, 2.75) is 50.0 Å². The van der Waals surface area contributed by atoms with E-state index < -0.39 is 16.1 Å². The van der Waals surface area contributed by atoms with Crippen molar-refractivity contribution in [1.29, 1.82) is 0 Å². The molecule has 0 radical (unpaired) electrons. The molecule has 20 heavy (non-hydrogen) atoms. The van der Waals surface area contributed by atoms with Gasteiger partial charge in [0.25, 0.3) is 0 Å². The molecular formula is C15H23NO3S. The first-order chi connectivity index (χ1) is 9.49. The molecule has 4 nitrogen and oxygen atoms in total. The number of hydrogen-bond donors (Lipinski definition) is 2. The van der Waals surface area contributed by atoms with Crippen LogP contribution in [0.3, 0.4) is 0 Å². The molecule has 1 fully saturated rings. The van der Waals surface area contributed by atoms with Gasteiger partial charge in [-0.1, -0.05) is 37.0 Å². The zero-order valence-corrected chi connectivity index (χ0v) is 12.7. The first-order valence-electron chi connectivity index (χ1n) is 7.23. The third kappa shape index (κ3) is 4.04. The summed E-state index contributed by atoms with van der Waals surface area (Å²) in [5, 5.41) is 10.1. The second-order valence-corrected chi connectivity index (χ2v) is 7.40. The average Bonchev–Trinajstić information content (AvgIpc) is 2.46. The number of benzene rings is 1. The van der Waals surface area contributed by atoms with Crippen molar-refractivity contribution in [2.24, 2.45) is 5.92 Å². The lowest BCUT2D eigenvalue weighted by Crippen LogP contribution is -2.37. The Labute approximate surface area is 121 Å². The number of rotatable bonds is 5. The summed E-state index contributed by atoms with van der Waals surface area (Å²) in [6.45, 7) is 2.01. The van der Waals surface area contributed by atoms with Crippen LogP contribution < -0.4 is 4.72 Å². The number of aliphatic hydroxyl groups excluding tert-OH is 1. The molecule has 112 valence electrons. The van der Waals surface area contributed by atoms with Crippen molar-refractivity contribution in [2.75, 3.05) is 6.54 Å². The van der Waals surface area contributed by atoms with Crippen molar-refractivity contribution in [3.8, 4) is 0 Å². The monoisotopic (exact) mass is 297 g/mol. The van der Waals surface area contributed by atoms with Gasteiger partial charge in [0.1, 0.15) is 0 Å². The predicted molar refractivity (Wildman–Crippen MR) is 78.9 cm³/mol. The van der Waals surface area contributed by atoms with Gasteiger partial charge in [0.15, 0.2) is 0 Å². The van der Waals surface area contributed by atoms with Gasteiger partial charge in [0.2, 0.25) is 10.0 Å². The first-order valence-corrected chi connectivity index (χ1v) is 8.72. The van der Waals surface area contributed by atoms with Gasteiger partial charge in [-0.3, -0.25) is 0 Å². The summed E-state index contributed by atoms with van der Waals surface area (Å²) in [6.07, 6.45) is 4.88. The van der Waals surface area contributed by atoms with Crippen LogP contribution in [0.2, 0.25) is 0 Å². The lowest BCUT2D eigenvalue weighted by Gasteiger charge is -2.26. The Morgan fingerprint density at radius 3 is 2.40 bits per heavy atom. The standard InChI is InChI=1S/C15H23NO3S/c1-12-7-9-14(10-8-12)20(18,19)16-11-15(17)13-5-3-2-4-6-13/h7-10,13,15-17H,2-6,11H2,1H3/t15-/m0/s1. The molecule has 1 aliphatic rings. The van der Waals surface area contributed by atoms with Gasteiger partial charge < -0.3 is 5.11 Å². The summed E-state index contributed by atoms with van der Waals surface area (Å²) in [7, 11) is -3.52. The zero-order chi connectivity index (χ0) is 14.6. The summed E-state index contributed by atoms with van der Waals surface area (Å²) in [5.74, 6) is 0.226. The second-order valence-electron chi connectivity index (χ2n) is 5.63. The van der Waals surface area contributed by atoms with Crippen LogP contribution in [0, 0.1) is 12.8 Å². The molecule has 1 saturated carbocycles. The largest absolute Gasteiger partial charge is 0.391 e. The van der Waals surface area contributed by atoms with E-state index in [2.05, 4.69) is 4.72 Å². The number of aliphatic hydroxyl groups is 1. The minimum Gasteiger partial charge on any atom is -0.391 e. The molecule has 0 saturated heterocycles. The van der Waals surface area contributed by atoms with Crippen LogP contribution in [-0.4, -0.2) is 26.2 Å². The highest BCUT2D eigenvalue weighted by atomic mass is 32.2. The van der Waals surface area contributed by atoms with E-state index in [1.165, 1.54) is 6.42 Å². The molecule has 0 unspecified atom stereocenters. The van der Waals surface area contributed by atoms with E-state index in [4.69, 9.17) is 0 Å². The molecule has 0 amide bonds. The van der Waals surface area contributed by atoms with Gasteiger partial charge >= 0.3 is 0 Å². The third-order valence-electron chi connectivity index (χ3n) is 4.01. The van der Waals surface area contributed by atoms with Crippen LogP contribution in [0.5, 0.6) is 0 Å². The Kier molecular flexibility index (Phi) is 5.18. The molecule has 0 aliphatic heterocycles. The van der Waals surface area contributed by atoms with Crippen LogP contribution in [-0.2, 0) is 10.0 Å². The summed E-state index contributed by atoms with van der Waals surface area (Å²) in [5.41, 5.74) is 1.02. The van der Waals surface area contributed by atoms with Crippen LogP contribution in [0.15, 0.2) is 29.2 Å². The van der Waals surface area contributed by atoms with Crippen molar-refractivity contribution in [1.82, 2.24) is 4.72 Å². The number of hydrogen-bond acceptors (Lipinski definition) is 3. The average molecular weight is 297 g/mol. The van der Waals surface area contributed by atoms with Crippen molar-refractivity contribution < 1.29 is 13.5 Å². The van der Waals surface area contributed by atoms with Gasteiger partial charge in [0.05, 0.1) is 11.0 Å². The summed E-state index contributed by atoms with van der Waals surface area (Å²) in [4.78, 5) is 0.249. The fraction of sp³-hybridized carbons (Fsp3) is 0.600. The van der Waals surface area contributed by atoms with E-state index in [1.54, 1.807) is 24.3 Å². The maximum Gasteiger partial charge on any atom is 0.240 e. The molecular weight excluding hydrogens is 274 g/mol. The maximum atomic E-state index is 12.1. The molecule has 0 spiro atoms. The summed E-state index contributed by atoms with van der Waals surface area (Å²) in [6, 6.07) is 6.72. The van der Waals surface area contributed by atoms with Gasteiger partial charge in [-0.25, -0.2) is 13.1 Å². The molecule has 2 rings (SSSR count). The molecule has 1 aromatic rings. The number of nitrogens with one attached hydrogen (secondary N) is 1. The lowest BCUT2D eigenvalue weighted by molar-refractivity contribution is 0.0888. The van der Waals surface area contributed by atoms with Gasteiger partial charge in [-0.05, 0) is 37.8 Å². The van der Waals surface area contributed by atoms with E-state index >= 15 is 0 Å². The molecule has 0 aromatic heterocycles. The van der Waals surface area contributed by atoms with E-state index in [9.17, 15) is 13.5 Å². The number of aryl methyl sites for hydroxylation is 1. The smallest absolute Gasteiger partial charge is 0.240 e. The zero-order valence-electron chi connectivity index (χ0n) is 11.9. The molecule has 5 heteroatoms. The molecule has 1 atom stereocenters. The molecule has 0 bridgehead atoms. The minimum atomic E-state index is -3.52. The SMILES string of the molecule is Cc1ccc(S(=O)(=O)NC[C@H](O)C2CCCCC2)cc1. The van der Waals surface area contributed by atoms with Crippen molar-refractivity contribution in [3.05, 3.63) is 29.8 Å². The fourth-order valence-corrected chi connectivity index (χ4v) is 3.73. The Hall–Kier alpha value is -0.910. The number of sulfonamides is 1. The normalized spacial score (nSPS) is 18.9. The van der Waals surface area contributed by atoms with Gasteiger partial charge in [0, 0.05) is 6.54 Å². The maximum absolute atomic E-state index is 12.1. The Bertz CT molecular complexity index is 519. The quantitative estimate of drug-likeness (QED) is 0.875. The molecule has 1 aromatic carbocycles. The Balaban J connectivity index is 1.93. The Morgan fingerprint density at radius 1 is 1.20 bits per heavy atom. The third-order valence-corrected chi connectivity index (χ3v) is 5.45. The highest BCUT2D eigenvalue weighted by molar-refractivity contribution is 7.89. The van der Waals surface area contributed by atoms with Crippen LogP contribution in [0.1, 0.15) is 37.7 Å². The van der Waals surface area contributed by atoms with Crippen molar-refractivity contribution in [3.63, 3.8) is 0 Å². The van der Waals surface area contributed by atoms with Crippen LogP contribution in [0.25, 0.3) is 0 Å². The second kappa shape index (κ2) is 6.70. The Morgan fingerprint density at radius 2 is 1.80 bits per heavy atom. The summed E-state index contributed by atoms with van der Waals surface area (Å²) < 4.78 is 26.7. The molecule has 2 N–H and O–H groups in total. The van der Waals surface area contributed by atoms with Crippen LogP contribution >= 0.6 is 0 Å².